The molecule has 86 valence electrons. The van der Waals surface area contributed by atoms with E-state index in [1.54, 1.807) is 0 Å². The van der Waals surface area contributed by atoms with Crippen LogP contribution < -0.4 is 5.32 Å². The van der Waals surface area contributed by atoms with Gasteiger partial charge < -0.3 is 10.2 Å². The molecule has 0 aliphatic carbocycles. The lowest BCUT2D eigenvalue weighted by molar-refractivity contribution is -0.122. The van der Waals surface area contributed by atoms with Gasteiger partial charge in [-0.25, -0.2) is 0 Å². The Kier molecular flexibility index (Phi) is 4.03. The number of alkyl halides is 1. The van der Waals surface area contributed by atoms with Crippen LogP contribution in [-0.2, 0) is 4.79 Å². The molecule has 3 atom stereocenters. The first-order valence-electron chi connectivity index (χ1n) is 5.87. The van der Waals surface area contributed by atoms with E-state index in [1.807, 2.05) is 0 Å². The van der Waals surface area contributed by atoms with Crippen LogP contribution in [0.15, 0.2) is 0 Å². The van der Waals surface area contributed by atoms with Gasteiger partial charge in [0.15, 0.2) is 0 Å². The average Bonchev–Trinajstić information content (AvgIpc) is 2.23. The molecule has 3 unspecified atom stereocenters. The van der Waals surface area contributed by atoms with Crippen molar-refractivity contribution >= 4 is 21.8 Å². The van der Waals surface area contributed by atoms with Gasteiger partial charge in [-0.3, -0.25) is 4.79 Å². The Morgan fingerprint density at radius 3 is 3.07 bits per heavy atom. The lowest BCUT2D eigenvalue weighted by Crippen LogP contribution is -2.53. The maximum absolute atomic E-state index is 11.5. The van der Waals surface area contributed by atoms with Crippen LogP contribution in [0.2, 0.25) is 0 Å². The second-order valence-electron chi connectivity index (χ2n) is 4.60. The molecule has 0 aromatic rings. The first-order chi connectivity index (χ1) is 7.29. The standard InChI is InChI=1S/C11H19BrN2O/c12-5-3-11(15)13-10-4-7-14-6-1-2-9(10)8-14/h9-10H,1-8H2,(H,13,15). The van der Waals surface area contributed by atoms with Crippen LogP contribution in [-0.4, -0.2) is 41.8 Å². The van der Waals surface area contributed by atoms with Gasteiger partial charge in [-0.05, 0) is 31.7 Å². The highest BCUT2D eigenvalue weighted by Crippen LogP contribution is 2.26. The van der Waals surface area contributed by atoms with Gasteiger partial charge in [0, 0.05) is 30.9 Å². The predicted octanol–water partition coefficient (Wildman–Crippen LogP) is 1.37. The summed E-state index contributed by atoms with van der Waals surface area (Å²) in [6.07, 6.45) is 4.33. The molecule has 2 rings (SSSR count). The number of rotatable bonds is 3. The number of carbonyl (C=O) groups excluding carboxylic acids is 1. The van der Waals surface area contributed by atoms with E-state index in [2.05, 4.69) is 26.1 Å². The number of amides is 1. The van der Waals surface area contributed by atoms with Crippen molar-refractivity contribution in [1.82, 2.24) is 10.2 Å². The molecular weight excluding hydrogens is 256 g/mol. The minimum Gasteiger partial charge on any atom is -0.353 e. The van der Waals surface area contributed by atoms with Crippen LogP contribution in [0.5, 0.6) is 0 Å². The molecule has 0 saturated carbocycles. The van der Waals surface area contributed by atoms with E-state index in [0.29, 0.717) is 18.4 Å². The molecule has 2 aliphatic rings. The second-order valence-corrected chi connectivity index (χ2v) is 5.40. The second kappa shape index (κ2) is 5.30. The summed E-state index contributed by atoms with van der Waals surface area (Å²) < 4.78 is 0. The third-order valence-electron chi connectivity index (χ3n) is 3.54. The minimum atomic E-state index is 0.205. The molecule has 0 aromatic carbocycles. The fraction of sp³-hybridized carbons (Fsp3) is 0.909. The monoisotopic (exact) mass is 274 g/mol. The number of hydrogen-bond acceptors (Lipinski definition) is 2. The molecule has 2 fully saturated rings. The van der Waals surface area contributed by atoms with Crippen LogP contribution in [0.25, 0.3) is 0 Å². The summed E-state index contributed by atoms with van der Waals surface area (Å²) in [7, 11) is 0. The average molecular weight is 275 g/mol. The SMILES string of the molecule is O=C(CCBr)NC1CCN2CCCC1C2. The van der Waals surface area contributed by atoms with Crippen LogP contribution in [0.4, 0.5) is 0 Å². The van der Waals surface area contributed by atoms with Crippen molar-refractivity contribution in [3.63, 3.8) is 0 Å². The highest BCUT2D eigenvalue weighted by atomic mass is 79.9. The van der Waals surface area contributed by atoms with Crippen molar-refractivity contribution in [2.24, 2.45) is 5.92 Å². The molecule has 15 heavy (non-hydrogen) atoms. The molecule has 1 amide bonds. The highest BCUT2D eigenvalue weighted by Gasteiger charge is 2.32. The normalized spacial score (nSPS) is 34.9. The zero-order valence-electron chi connectivity index (χ0n) is 9.04. The van der Waals surface area contributed by atoms with Gasteiger partial charge >= 0.3 is 0 Å². The van der Waals surface area contributed by atoms with Gasteiger partial charge in [0.1, 0.15) is 0 Å². The van der Waals surface area contributed by atoms with Crippen LogP contribution in [0, 0.1) is 5.92 Å². The number of fused-ring (bicyclic) bond motifs is 2. The van der Waals surface area contributed by atoms with Crippen molar-refractivity contribution in [3.8, 4) is 0 Å². The molecule has 2 saturated heterocycles. The lowest BCUT2D eigenvalue weighted by atomic mass is 9.85. The van der Waals surface area contributed by atoms with Gasteiger partial charge in [0.25, 0.3) is 0 Å². The summed E-state index contributed by atoms with van der Waals surface area (Å²) in [6.45, 7) is 3.62. The molecule has 4 heteroatoms. The summed E-state index contributed by atoms with van der Waals surface area (Å²) in [4.78, 5) is 14.0. The number of nitrogens with one attached hydrogen (secondary N) is 1. The molecule has 1 N–H and O–H groups in total. The molecule has 3 nitrogen and oxygen atoms in total. The Balaban J connectivity index is 1.84. The summed E-state index contributed by atoms with van der Waals surface area (Å²) in [5, 5.41) is 3.95. The Labute approximate surface area is 99.7 Å². The summed E-state index contributed by atoms with van der Waals surface area (Å²) in [5.41, 5.74) is 0. The minimum absolute atomic E-state index is 0.205. The van der Waals surface area contributed by atoms with Crippen LogP contribution >= 0.6 is 15.9 Å². The first-order valence-corrected chi connectivity index (χ1v) is 6.99. The molecule has 0 spiro atoms. The summed E-state index contributed by atoms with van der Waals surface area (Å²) >= 11 is 3.30. The zero-order chi connectivity index (χ0) is 10.7. The van der Waals surface area contributed by atoms with E-state index in [1.165, 1.54) is 25.9 Å². The van der Waals surface area contributed by atoms with Crippen LogP contribution in [0.1, 0.15) is 25.7 Å². The van der Waals surface area contributed by atoms with Gasteiger partial charge in [-0.15, -0.1) is 0 Å². The molecular formula is C11H19BrN2O. The molecule has 2 heterocycles. The summed E-state index contributed by atoms with van der Waals surface area (Å²) in [5.74, 6) is 0.905. The van der Waals surface area contributed by atoms with Crippen molar-refractivity contribution in [2.75, 3.05) is 25.0 Å². The molecule has 2 bridgehead atoms. The number of carbonyl (C=O) groups is 1. The Bertz CT molecular complexity index is 235. The van der Waals surface area contributed by atoms with E-state index in [0.717, 1.165) is 18.3 Å². The first kappa shape index (κ1) is 11.4. The number of piperidine rings is 2. The molecule has 0 aromatic heterocycles. The number of hydrogen-bond donors (Lipinski definition) is 1. The predicted molar refractivity (Wildman–Crippen MR) is 64.1 cm³/mol. The number of halogens is 1. The lowest BCUT2D eigenvalue weighted by Gasteiger charge is -2.42. The largest absolute Gasteiger partial charge is 0.353 e. The molecule has 2 aliphatic heterocycles. The van der Waals surface area contributed by atoms with Crippen molar-refractivity contribution in [2.45, 2.75) is 31.7 Å². The Hall–Kier alpha value is -0.0900. The summed E-state index contributed by atoms with van der Waals surface area (Å²) in [6, 6.07) is 0.438. The topological polar surface area (TPSA) is 32.3 Å². The fourth-order valence-corrected chi connectivity index (χ4v) is 3.10. The van der Waals surface area contributed by atoms with Gasteiger partial charge in [0.2, 0.25) is 5.91 Å². The quantitative estimate of drug-likeness (QED) is 0.789. The Morgan fingerprint density at radius 1 is 1.40 bits per heavy atom. The van der Waals surface area contributed by atoms with Gasteiger partial charge in [0.05, 0.1) is 0 Å². The maximum atomic E-state index is 11.5. The third kappa shape index (κ3) is 2.94. The molecule has 0 radical (unpaired) electrons. The van der Waals surface area contributed by atoms with Gasteiger partial charge in [-0.1, -0.05) is 15.9 Å². The van der Waals surface area contributed by atoms with E-state index >= 15 is 0 Å². The smallest absolute Gasteiger partial charge is 0.221 e. The fourth-order valence-electron chi connectivity index (χ4n) is 2.73. The zero-order valence-corrected chi connectivity index (χ0v) is 10.6. The van der Waals surface area contributed by atoms with Crippen LogP contribution in [0.3, 0.4) is 0 Å². The van der Waals surface area contributed by atoms with Crippen molar-refractivity contribution < 1.29 is 4.79 Å². The van der Waals surface area contributed by atoms with Gasteiger partial charge in [-0.2, -0.15) is 0 Å². The Morgan fingerprint density at radius 2 is 2.27 bits per heavy atom. The van der Waals surface area contributed by atoms with E-state index < -0.39 is 0 Å². The van der Waals surface area contributed by atoms with Crippen molar-refractivity contribution in [3.05, 3.63) is 0 Å². The van der Waals surface area contributed by atoms with E-state index in [9.17, 15) is 4.79 Å². The highest BCUT2D eigenvalue weighted by molar-refractivity contribution is 9.09. The maximum Gasteiger partial charge on any atom is 0.221 e. The van der Waals surface area contributed by atoms with E-state index in [4.69, 9.17) is 0 Å². The number of nitrogens with zero attached hydrogens (tertiary/aromatic N) is 1. The van der Waals surface area contributed by atoms with E-state index in [-0.39, 0.29) is 5.91 Å². The van der Waals surface area contributed by atoms with Crippen molar-refractivity contribution in [1.29, 1.82) is 0 Å². The third-order valence-corrected chi connectivity index (χ3v) is 3.93.